The quantitative estimate of drug-likeness (QED) is 0.734. The lowest BCUT2D eigenvalue weighted by atomic mass is 9.91. The summed E-state index contributed by atoms with van der Waals surface area (Å²) in [5.74, 6) is 1.86. The van der Waals surface area contributed by atoms with E-state index in [1.165, 1.54) is 0 Å². The number of H-pyrrole nitrogens is 1. The van der Waals surface area contributed by atoms with Gasteiger partial charge < -0.3 is 14.2 Å². The molecule has 0 unspecified atom stereocenters. The van der Waals surface area contributed by atoms with Gasteiger partial charge in [-0.25, -0.2) is 0 Å². The molecule has 0 spiro atoms. The molecular formula is C21H24N4O3. The summed E-state index contributed by atoms with van der Waals surface area (Å²) in [4.78, 5) is 14.8. The van der Waals surface area contributed by atoms with Crippen LogP contribution in [0.5, 0.6) is 5.75 Å². The molecule has 7 heteroatoms. The number of ether oxygens (including phenoxy) is 1. The lowest BCUT2D eigenvalue weighted by Gasteiger charge is -2.32. The zero-order chi connectivity index (χ0) is 19.5. The van der Waals surface area contributed by atoms with E-state index in [4.69, 9.17) is 9.26 Å². The number of rotatable bonds is 5. The van der Waals surface area contributed by atoms with Crippen molar-refractivity contribution in [2.24, 2.45) is 0 Å². The number of hydrogen-bond donors (Lipinski definition) is 1. The van der Waals surface area contributed by atoms with Crippen LogP contribution < -0.4 is 4.74 Å². The van der Waals surface area contributed by atoms with Crippen LogP contribution in [-0.2, 0) is 11.2 Å². The molecule has 0 aliphatic carbocycles. The standard InChI is InChI=1S/C21H24N4O3/c1-14-10-19(28-24-14)18-12-22-23-21(18)16-4-3-9-25(13-16)20(26)11-15-5-7-17(27-2)8-6-15/h5-8,10,12,16H,3-4,9,11,13H2,1-2H3,(H,22,23)/t16-/m1/s1. The minimum Gasteiger partial charge on any atom is -0.497 e. The Balaban J connectivity index is 1.46. The highest BCUT2D eigenvalue weighted by atomic mass is 16.5. The number of nitrogens with one attached hydrogen (secondary N) is 1. The molecule has 1 atom stereocenters. The molecule has 1 N–H and O–H groups in total. The van der Waals surface area contributed by atoms with Crippen molar-refractivity contribution in [1.82, 2.24) is 20.3 Å². The molecule has 1 aliphatic rings. The average Bonchev–Trinajstić information content (AvgIpc) is 3.37. The second-order valence-electron chi connectivity index (χ2n) is 7.23. The number of aromatic amines is 1. The van der Waals surface area contributed by atoms with E-state index in [1.54, 1.807) is 13.3 Å². The number of nitrogens with zero attached hydrogens (tertiary/aromatic N) is 3. The molecule has 0 saturated carbocycles. The van der Waals surface area contributed by atoms with Crippen LogP contribution in [0.15, 0.2) is 41.1 Å². The molecule has 1 saturated heterocycles. The summed E-state index contributed by atoms with van der Waals surface area (Å²) >= 11 is 0. The van der Waals surface area contributed by atoms with Gasteiger partial charge in [-0.05, 0) is 37.5 Å². The third kappa shape index (κ3) is 3.78. The largest absolute Gasteiger partial charge is 0.497 e. The highest BCUT2D eigenvalue weighted by Crippen LogP contribution is 2.33. The molecule has 1 amide bonds. The monoisotopic (exact) mass is 380 g/mol. The number of carbonyl (C=O) groups excluding carboxylic acids is 1. The summed E-state index contributed by atoms with van der Waals surface area (Å²) in [6.07, 6.45) is 4.14. The molecule has 1 aromatic carbocycles. The molecule has 7 nitrogen and oxygen atoms in total. The minimum absolute atomic E-state index is 0.145. The van der Waals surface area contributed by atoms with E-state index in [0.717, 1.165) is 47.7 Å². The van der Waals surface area contributed by atoms with E-state index in [9.17, 15) is 4.79 Å². The van der Waals surface area contributed by atoms with Crippen molar-refractivity contribution >= 4 is 5.91 Å². The normalized spacial score (nSPS) is 16.9. The van der Waals surface area contributed by atoms with Crippen LogP contribution in [0.25, 0.3) is 11.3 Å². The number of amides is 1. The predicted molar refractivity (Wildman–Crippen MR) is 104 cm³/mol. The highest BCUT2D eigenvalue weighted by molar-refractivity contribution is 5.79. The van der Waals surface area contributed by atoms with E-state index < -0.39 is 0 Å². The molecule has 3 heterocycles. The van der Waals surface area contributed by atoms with Gasteiger partial charge in [-0.3, -0.25) is 9.89 Å². The molecule has 146 valence electrons. The number of hydrogen-bond acceptors (Lipinski definition) is 5. The fourth-order valence-electron chi connectivity index (χ4n) is 3.76. The van der Waals surface area contributed by atoms with Crippen LogP contribution in [0, 0.1) is 6.92 Å². The number of aromatic nitrogens is 3. The van der Waals surface area contributed by atoms with Gasteiger partial charge in [-0.2, -0.15) is 5.10 Å². The van der Waals surface area contributed by atoms with Gasteiger partial charge in [-0.1, -0.05) is 17.3 Å². The Morgan fingerprint density at radius 2 is 2.18 bits per heavy atom. The second-order valence-corrected chi connectivity index (χ2v) is 7.23. The van der Waals surface area contributed by atoms with Gasteiger partial charge in [-0.15, -0.1) is 0 Å². The van der Waals surface area contributed by atoms with Crippen LogP contribution in [0.4, 0.5) is 0 Å². The number of carbonyl (C=O) groups is 1. The maximum absolute atomic E-state index is 12.8. The van der Waals surface area contributed by atoms with Crippen LogP contribution in [0.2, 0.25) is 0 Å². The SMILES string of the molecule is COc1ccc(CC(=O)N2CCC[C@@H](c3[nH]ncc3-c3cc(C)no3)C2)cc1. The molecule has 1 fully saturated rings. The lowest BCUT2D eigenvalue weighted by molar-refractivity contribution is -0.131. The van der Waals surface area contributed by atoms with Crippen molar-refractivity contribution in [3.05, 3.63) is 53.5 Å². The molecule has 28 heavy (non-hydrogen) atoms. The fourth-order valence-corrected chi connectivity index (χ4v) is 3.76. The maximum atomic E-state index is 12.8. The van der Waals surface area contributed by atoms with E-state index >= 15 is 0 Å². The summed E-state index contributed by atoms with van der Waals surface area (Å²) in [5, 5.41) is 11.3. The number of methoxy groups -OCH3 is 1. The first-order valence-corrected chi connectivity index (χ1v) is 9.51. The van der Waals surface area contributed by atoms with Crippen molar-refractivity contribution in [1.29, 1.82) is 0 Å². The Hall–Kier alpha value is -3.09. The van der Waals surface area contributed by atoms with Gasteiger partial charge >= 0.3 is 0 Å². The summed E-state index contributed by atoms with van der Waals surface area (Å²) in [7, 11) is 1.64. The summed E-state index contributed by atoms with van der Waals surface area (Å²) in [6, 6.07) is 9.56. The van der Waals surface area contributed by atoms with Gasteiger partial charge in [0.1, 0.15) is 5.75 Å². The van der Waals surface area contributed by atoms with Crippen LogP contribution in [-0.4, -0.2) is 46.4 Å². The van der Waals surface area contributed by atoms with Crippen molar-refractivity contribution in [2.45, 2.75) is 32.1 Å². The van der Waals surface area contributed by atoms with E-state index in [-0.39, 0.29) is 11.8 Å². The Morgan fingerprint density at radius 1 is 1.36 bits per heavy atom. The van der Waals surface area contributed by atoms with Crippen LogP contribution in [0.1, 0.15) is 35.7 Å². The van der Waals surface area contributed by atoms with Gasteiger partial charge in [0.05, 0.1) is 36.7 Å². The van der Waals surface area contributed by atoms with Crippen molar-refractivity contribution in [3.8, 4) is 17.1 Å². The third-order valence-electron chi connectivity index (χ3n) is 5.26. The first-order chi connectivity index (χ1) is 13.6. The van der Waals surface area contributed by atoms with Crippen molar-refractivity contribution in [2.75, 3.05) is 20.2 Å². The van der Waals surface area contributed by atoms with Crippen molar-refractivity contribution in [3.63, 3.8) is 0 Å². The van der Waals surface area contributed by atoms with Crippen LogP contribution in [0.3, 0.4) is 0 Å². The van der Waals surface area contributed by atoms with Gasteiger partial charge in [0.15, 0.2) is 5.76 Å². The van der Waals surface area contributed by atoms with Gasteiger partial charge in [0.25, 0.3) is 0 Å². The summed E-state index contributed by atoms with van der Waals surface area (Å²) in [6.45, 7) is 3.36. The molecular weight excluding hydrogens is 356 g/mol. The van der Waals surface area contributed by atoms with Crippen molar-refractivity contribution < 1.29 is 14.1 Å². The first-order valence-electron chi connectivity index (χ1n) is 9.51. The summed E-state index contributed by atoms with van der Waals surface area (Å²) < 4.78 is 10.6. The molecule has 1 aliphatic heterocycles. The summed E-state index contributed by atoms with van der Waals surface area (Å²) in [5.41, 5.74) is 3.77. The minimum atomic E-state index is 0.145. The predicted octanol–water partition coefficient (Wildman–Crippen LogP) is 3.33. The topological polar surface area (TPSA) is 84.2 Å². The molecule has 3 aromatic rings. The lowest BCUT2D eigenvalue weighted by Crippen LogP contribution is -2.40. The molecule has 0 bridgehead atoms. The van der Waals surface area contributed by atoms with Gasteiger partial charge in [0, 0.05) is 25.1 Å². The smallest absolute Gasteiger partial charge is 0.227 e. The van der Waals surface area contributed by atoms with E-state index in [2.05, 4.69) is 15.4 Å². The first kappa shape index (κ1) is 18.3. The highest BCUT2D eigenvalue weighted by Gasteiger charge is 2.28. The van der Waals surface area contributed by atoms with E-state index in [0.29, 0.717) is 18.7 Å². The number of benzene rings is 1. The van der Waals surface area contributed by atoms with Crippen LogP contribution >= 0.6 is 0 Å². The van der Waals surface area contributed by atoms with E-state index in [1.807, 2.05) is 42.2 Å². The number of aryl methyl sites for hydroxylation is 1. The zero-order valence-electron chi connectivity index (χ0n) is 16.1. The Kier molecular flexibility index (Phi) is 5.14. The Bertz CT molecular complexity index is 945. The zero-order valence-corrected chi connectivity index (χ0v) is 16.1. The Labute approximate surface area is 163 Å². The molecule has 0 radical (unpaired) electrons. The second kappa shape index (κ2) is 7.88. The Morgan fingerprint density at radius 3 is 2.89 bits per heavy atom. The molecule has 4 rings (SSSR count). The number of piperidine rings is 1. The number of likely N-dealkylation sites (tertiary alicyclic amines) is 1. The third-order valence-corrected chi connectivity index (χ3v) is 5.26. The maximum Gasteiger partial charge on any atom is 0.227 e. The molecule has 2 aromatic heterocycles. The average molecular weight is 380 g/mol. The van der Waals surface area contributed by atoms with Gasteiger partial charge in [0.2, 0.25) is 5.91 Å². The fraction of sp³-hybridized carbons (Fsp3) is 0.381.